The van der Waals surface area contributed by atoms with Crippen molar-refractivity contribution >= 4 is 26.8 Å². The largest absolute Gasteiger partial charge is 0.453 e. The van der Waals surface area contributed by atoms with E-state index in [0.717, 1.165) is 35.9 Å². The summed E-state index contributed by atoms with van der Waals surface area (Å²) in [5, 5.41) is 13.3. The number of hydrogen-bond donors (Lipinski definition) is 2. The Morgan fingerprint density at radius 2 is 2.21 bits per heavy atom. The van der Waals surface area contributed by atoms with Gasteiger partial charge in [0.15, 0.2) is 11.6 Å². The molecule has 0 aliphatic carbocycles. The van der Waals surface area contributed by atoms with Gasteiger partial charge in [-0.05, 0) is 43.3 Å². The average Bonchev–Trinajstić information content (AvgIpc) is 3.55. The molecule has 2 N–H and O–H groups in total. The van der Waals surface area contributed by atoms with Crippen molar-refractivity contribution in [3.05, 3.63) is 58.4 Å². The molecule has 3 heterocycles. The Labute approximate surface area is 219 Å². The Hall–Kier alpha value is -3.57. The third kappa shape index (κ3) is 4.71. The first-order valence-electron chi connectivity index (χ1n) is 12.2. The van der Waals surface area contributed by atoms with E-state index in [4.69, 9.17) is 9.47 Å². The molecule has 13 heteroatoms. The number of aromatic nitrogens is 2. The standard InChI is InChI=1S/C25H27FN6O5S/c1-3-31(2)38(34,35)30-22-7-5-20(26)23(19(22)12-27)37-17-4-6-21-18(10-17)24(33)32(15-29-21)16-11-25(36-13-16)8-9-28-14-25/h4-7,10,15-16,28,30H,3,8-9,11,13-14H2,1-2H3. The average molecular weight is 543 g/mol. The number of nitrogens with one attached hydrogen (secondary N) is 2. The number of rotatable bonds is 7. The molecule has 5 rings (SSSR count). The zero-order valence-corrected chi connectivity index (χ0v) is 21.7. The minimum atomic E-state index is -3.97. The van der Waals surface area contributed by atoms with Crippen molar-refractivity contribution < 1.29 is 22.3 Å². The fourth-order valence-corrected chi connectivity index (χ4v) is 5.76. The normalized spacial score (nSPS) is 21.3. The number of benzene rings is 2. The van der Waals surface area contributed by atoms with Crippen molar-refractivity contribution in [2.24, 2.45) is 0 Å². The number of nitrogens with zero attached hydrogens (tertiary/aromatic N) is 4. The van der Waals surface area contributed by atoms with Gasteiger partial charge in [0.2, 0.25) is 0 Å². The first-order valence-corrected chi connectivity index (χ1v) is 13.6. The van der Waals surface area contributed by atoms with Crippen LogP contribution in [0.5, 0.6) is 11.5 Å². The highest BCUT2D eigenvalue weighted by atomic mass is 32.2. The molecule has 2 aliphatic rings. The fourth-order valence-electron chi connectivity index (χ4n) is 4.81. The molecule has 2 aliphatic heterocycles. The minimum Gasteiger partial charge on any atom is -0.453 e. The number of nitriles is 1. The van der Waals surface area contributed by atoms with Crippen molar-refractivity contribution in [3.8, 4) is 17.6 Å². The molecule has 11 nitrogen and oxygen atoms in total. The van der Waals surface area contributed by atoms with Gasteiger partial charge in [0.1, 0.15) is 17.4 Å². The van der Waals surface area contributed by atoms with Crippen molar-refractivity contribution in [3.63, 3.8) is 0 Å². The van der Waals surface area contributed by atoms with Crippen LogP contribution in [0.25, 0.3) is 10.9 Å². The van der Waals surface area contributed by atoms with Crippen LogP contribution in [0.4, 0.5) is 10.1 Å². The topological polar surface area (TPSA) is 139 Å². The molecule has 0 bridgehead atoms. The Kier molecular flexibility index (Phi) is 6.83. The summed E-state index contributed by atoms with van der Waals surface area (Å²) in [5.74, 6) is -1.24. The summed E-state index contributed by atoms with van der Waals surface area (Å²) in [4.78, 5) is 17.8. The lowest BCUT2D eigenvalue weighted by Gasteiger charge is -2.20. The van der Waals surface area contributed by atoms with Crippen LogP contribution in [0.2, 0.25) is 0 Å². The zero-order valence-electron chi connectivity index (χ0n) is 20.9. The van der Waals surface area contributed by atoms with E-state index in [1.54, 1.807) is 17.6 Å². The summed E-state index contributed by atoms with van der Waals surface area (Å²) in [6, 6.07) is 8.31. The molecule has 2 atom stereocenters. The smallest absolute Gasteiger partial charge is 0.301 e. The second-order valence-electron chi connectivity index (χ2n) is 9.45. The van der Waals surface area contributed by atoms with Crippen molar-refractivity contribution in [1.29, 1.82) is 5.26 Å². The monoisotopic (exact) mass is 542 g/mol. The predicted octanol–water partition coefficient (Wildman–Crippen LogP) is 2.50. The molecule has 2 saturated heterocycles. The molecule has 38 heavy (non-hydrogen) atoms. The van der Waals surface area contributed by atoms with Crippen LogP contribution in [0.1, 0.15) is 31.4 Å². The molecule has 3 aromatic rings. The van der Waals surface area contributed by atoms with Crippen LogP contribution >= 0.6 is 0 Å². The fraction of sp³-hybridized carbons (Fsp3) is 0.400. The molecule has 1 spiro atoms. The molecule has 2 fully saturated rings. The van der Waals surface area contributed by atoms with E-state index in [-0.39, 0.29) is 46.1 Å². The summed E-state index contributed by atoms with van der Waals surface area (Å²) in [6.07, 6.45) is 3.08. The summed E-state index contributed by atoms with van der Waals surface area (Å²) in [7, 11) is -2.60. The third-order valence-corrected chi connectivity index (χ3v) is 8.63. The minimum absolute atomic E-state index is 0.0920. The number of fused-ring (bicyclic) bond motifs is 1. The van der Waals surface area contributed by atoms with Gasteiger partial charge in [-0.2, -0.15) is 18.0 Å². The molecular weight excluding hydrogens is 515 g/mol. The molecular formula is C25H27FN6O5S. The Morgan fingerprint density at radius 1 is 1.39 bits per heavy atom. The highest BCUT2D eigenvalue weighted by Gasteiger charge is 2.43. The Morgan fingerprint density at radius 3 is 2.92 bits per heavy atom. The van der Waals surface area contributed by atoms with Gasteiger partial charge in [-0.25, -0.2) is 9.37 Å². The molecule has 0 saturated carbocycles. The van der Waals surface area contributed by atoms with Gasteiger partial charge in [-0.3, -0.25) is 14.1 Å². The first kappa shape index (κ1) is 26.1. The first-order chi connectivity index (χ1) is 18.2. The summed E-state index contributed by atoms with van der Waals surface area (Å²) in [6.45, 7) is 3.86. The van der Waals surface area contributed by atoms with E-state index >= 15 is 0 Å². The quantitative estimate of drug-likeness (QED) is 0.464. The summed E-state index contributed by atoms with van der Waals surface area (Å²) >= 11 is 0. The number of halogens is 1. The molecule has 0 amide bonds. The third-order valence-electron chi connectivity index (χ3n) is 7.08. The van der Waals surface area contributed by atoms with E-state index in [1.165, 1.54) is 25.5 Å². The summed E-state index contributed by atoms with van der Waals surface area (Å²) < 4.78 is 56.4. The second-order valence-corrected chi connectivity index (χ2v) is 11.2. The van der Waals surface area contributed by atoms with E-state index in [9.17, 15) is 22.9 Å². The van der Waals surface area contributed by atoms with Gasteiger partial charge in [0.05, 0.1) is 41.2 Å². The maximum absolute atomic E-state index is 14.8. The Balaban J connectivity index is 1.48. The van der Waals surface area contributed by atoms with Crippen LogP contribution in [0.15, 0.2) is 41.5 Å². The number of anilines is 1. The maximum Gasteiger partial charge on any atom is 0.301 e. The van der Waals surface area contributed by atoms with Crippen LogP contribution in [0, 0.1) is 17.1 Å². The lowest BCUT2D eigenvalue weighted by atomic mass is 9.97. The zero-order chi connectivity index (χ0) is 27.1. The molecule has 2 aromatic carbocycles. The van der Waals surface area contributed by atoms with Crippen LogP contribution in [-0.4, -0.2) is 61.2 Å². The maximum atomic E-state index is 14.8. The Bertz CT molecular complexity index is 1600. The van der Waals surface area contributed by atoms with Gasteiger partial charge < -0.3 is 14.8 Å². The molecule has 200 valence electrons. The highest BCUT2D eigenvalue weighted by molar-refractivity contribution is 7.90. The molecule has 0 radical (unpaired) electrons. The lowest BCUT2D eigenvalue weighted by Crippen LogP contribution is -2.32. The number of hydrogen-bond acceptors (Lipinski definition) is 8. The van der Waals surface area contributed by atoms with Crippen LogP contribution in [0.3, 0.4) is 0 Å². The van der Waals surface area contributed by atoms with E-state index in [0.29, 0.717) is 18.5 Å². The molecule has 2 unspecified atom stereocenters. The second kappa shape index (κ2) is 9.95. The predicted molar refractivity (Wildman–Crippen MR) is 138 cm³/mol. The van der Waals surface area contributed by atoms with Gasteiger partial charge in [-0.15, -0.1) is 0 Å². The van der Waals surface area contributed by atoms with Crippen molar-refractivity contribution in [2.45, 2.75) is 31.4 Å². The van der Waals surface area contributed by atoms with Gasteiger partial charge in [0.25, 0.3) is 5.56 Å². The van der Waals surface area contributed by atoms with Crippen LogP contribution in [-0.2, 0) is 14.9 Å². The van der Waals surface area contributed by atoms with Crippen LogP contribution < -0.4 is 20.3 Å². The summed E-state index contributed by atoms with van der Waals surface area (Å²) in [5.41, 5.74) is -0.596. The molecule has 1 aromatic heterocycles. The van der Waals surface area contributed by atoms with E-state index in [2.05, 4.69) is 15.0 Å². The van der Waals surface area contributed by atoms with Gasteiger partial charge in [-0.1, -0.05) is 6.92 Å². The van der Waals surface area contributed by atoms with Gasteiger partial charge >= 0.3 is 10.2 Å². The van der Waals surface area contributed by atoms with E-state index in [1.807, 2.05) is 6.07 Å². The van der Waals surface area contributed by atoms with Crippen molar-refractivity contribution in [1.82, 2.24) is 19.2 Å². The van der Waals surface area contributed by atoms with E-state index < -0.39 is 21.8 Å². The highest BCUT2D eigenvalue weighted by Crippen LogP contribution is 2.37. The number of ether oxygens (including phenoxy) is 2. The van der Waals surface area contributed by atoms with Crippen molar-refractivity contribution in [2.75, 3.05) is 38.0 Å². The lowest BCUT2D eigenvalue weighted by molar-refractivity contribution is 0.0205. The van der Waals surface area contributed by atoms with Gasteiger partial charge in [0, 0.05) is 26.6 Å². The SMILES string of the molecule is CCN(C)S(=O)(=O)Nc1ccc(F)c(Oc2ccc3ncn(C4COC5(CCNC5)C4)c(=O)c3c2)c1C#N.